The quantitative estimate of drug-likeness (QED) is 0.381. The lowest BCUT2D eigenvalue weighted by molar-refractivity contribution is -0.175. The lowest BCUT2D eigenvalue weighted by atomic mass is 9.83. The second-order valence-corrected chi connectivity index (χ2v) is 12.6. The number of alkyl halides is 3. The third-order valence-electron chi connectivity index (χ3n) is 6.05. The number of halogens is 3. The molecule has 0 saturated carbocycles. The first-order chi connectivity index (χ1) is 16.6. The van der Waals surface area contributed by atoms with Gasteiger partial charge in [-0.1, -0.05) is 41.5 Å². The molecular formula is C25H40F3N5O4. The van der Waals surface area contributed by atoms with Gasteiger partial charge in [0.1, 0.15) is 18.1 Å². The van der Waals surface area contributed by atoms with Crippen molar-refractivity contribution in [1.29, 1.82) is 5.26 Å². The van der Waals surface area contributed by atoms with E-state index in [-0.39, 0.29) is 24.3 Å². The van der Waals surface area contributed by atoms with Gasteiger partial charge in [-0.2, -0.15) is 18.4 Å². The molecule has 9 nitrogen and oxygen atoms in total. The van der Waals surface area contributed by atoms with E-state index in [0.717, 1.165) is 0 Å². The second-order valence-electron chi connectivity index (χ2n) is 12.6. The van der Waals surface area contributed by atoms with Gasteiger partial charge in [0, 0.05) is 11.5 Å². The largest absolute Gasteiger partial charge is 0.471 e. The second kappa shape index (κ2) is 11.7. The van der Waals surface area contributed by atoms with Gasteiger partial charge in [-0.25, -0.2) is 0 Å². The maximum atomic E-state index is 13.2. The maximum absolute atomic E-state index is 13.2. The van der Waals surface area contributed by atoms with Crippen LogP contribution in [-0.2, 0) is 19.2 Å². The number of rotatable bonds is 8. The summed E-state index contributed by atoms with van der Waals surface area (Å²) < 4.78 is 38.6. The Hall–Kier alpha value is -2.84. The van der Waals surface area contributed by atoms with E-state index in [4.69, 9.17) is 0 Å². The highest BCUT2D eigenvalue weighted by Crippen LogP contribution is 2.27. The fourth-order valence-electron chi connectivity index (χ4n) is 4.05. The molecule has 1 aliphatic rings. The molecular weight excluding hydrogens is 491 g/mol. The molecule has 0 bridgehead atoms. The number of amides is 4. The van der Waals surface area contributed by atoms with Crippen molar-refractivity contribution in [3.8, 4) is 6.07 Å². The molecule has 0 aromatic rings. The smallest absolute Gasteiger partial charge is 0.351 e. The zero-order valence-electron chi connectivity index (χ0n) is 22.9. The molecule has 1 fully saturated rings. The highest BCUT2D eigenvalue weighted by atomic mass is 19.4. The Labute approximate surface area is 216 Å². The highest BCUT2D eigenvalue weighted by molar-refractivity contribution is 5.93. The molecule has 4 atom stereocenters. The summed E-state index contributed by atoms with van der Waals surface area (Å²) in [5.41, 5.74) is -1.95. The summed E-state index contributed by atoms with van der Waals surface area (Å²) in [6, 6.07) is -1.83. The summed E-state index contributed by atoms with van der Waals surface area (Å²) in [6.45, 7) is 13.7. The third kappa shape index (κ3) is 10.6. The molecule has 37 heavy (non-hydrogen) atoms. The monoisotopic (exact) mass is 531 g/mol. The lowest BCUT2D eigenvalue weighted by Gasteiger charge is -2.36. The number of hydrogen-bond donors (Lipinski definition) is 4. The van der Waals surface area contributed by atoms with Crippen molar-refractivity contribution in [2.24, 2.45) is 16.7 Å². The van der Waals surface area contributed by atoms with Gasteiger partial charge in [-0.05, 0) is 50.4 Å². The standard InChI is InChI=1S/C25H40F3N5O4/c1-22(2,3)12-16(31-20(36)17(23(4,5)6)32-21(37)25(26,27)28)19(35)30-15(13-29)11-14-9-10-24(7,8)33-18(14)34/h14-17H,9-12H2,1-8H3,(H,30,35)(H,31,36)(H,32,37)(H,33,34)/t14-,15-,16-,17+/m0/s1. The number of piperidine rings is 1. The fraction of sp³-hybridized carbons (Fsp3) is 0.800. The summed E-state index contributed by atoms with van der Waals surface area (Å²) in [6.07, 6.45) is -3.76. The van der Waals surface area contributed by atoms with Gasteiger partial charge < -0.3 is 21.3 Å². The average molecular weight is 532 g/mol. The van der Waals surface area contributed by atoms with Crippen LogP contribution in [-0.4, -0.2) is 53.5 Å². The number of hydrogen-bond acceptors (Lipinski definition) is 5. The zero-order chi connectivity index (χ0) is 29.0. The number of nitrogens with one attached hydrogen (secondary N) is 4. The Morgan fingerprint density at radius 2 is 1.62 bits per heavy atom. The van der Waals surface area contributed by atoms with Gasteiger partial charge in [0.2, 0.25) is 17.7 Å². The van der Waals surface area contributed by atoms with Gasteiger partial charge in [0.05, 0.1) is 6.07 Å². The Balaban J connectivity index is 3.06. The summed E-state index contributed by atoms with van der Waals surface area (Å²) >= 11 is 0. The first kappa shape index (κ1) is 32.2. The van der Waals surface area contributed by atoms with E-state index in [0.29, 0.717) is 12.8 Å². The molecule has 0 aromatic heterocycles. The van der Waals surface area contributed by atoms with Gasteiger partial charge >= 0.3 is 12.1 Å². The van der Waals surface area contributed by atoms with Gasteiger partial charge in [0.15, 0.2) is 0 Å². The van der Waals surface area contributed by atoms with Gasteiger partial charge in [-0.3, -0.25) is 19.2 Å². The van der Waals surface area contributed by atoms with E-state index in [1.807, 2.05) is 40.7 Å². The van der Waals surface area contributed by atoms with Gasteiger partial charge in [-0.15, -0.1) is 0 Å². The molecule has 210 valence electrons. The number of carbonyl (C=O) groups excluding carboxylic acids is 4. The highest BCUT2D eigenvalue weighted by Gasteiger charge is 2.44. The van der Waals surface area contributed by atoms with E-state index in [1.165, 1.54) is 20.8 Å². The zero-order valence-corrected chi connectivity index (χ0v) is 22.9. The number of nitriles is 1. The minimum Gasteiger partial charge on any atom is -0.351 e. The minimum absolute atomic E-state index is 0.0760. The fourth-order valence-corrected chi connectivity index (χ4v) is 4.05. The molecule has 1 saturated heterocycles. The third-order valence-corrected chi connectivity index (χ3v) is 6.05. The van der Waals surface area contributed by atoms with Crippen LogP contribution in [0.25, 0.3) is 0 Å². The molecule has 12 heteroatoms. The van der Waals surface area contributed by atoms with Crippen molar-refractivity contribution in [1.82, 2.24) is 21.3 Å². The van der Waals surface area contributed by atoms with Crippen molar-refractivity contribution < 1.29 is 32.3 Å². The van der Waals surface area contributed by atoms with Crippen LogP contribution in [0, 0.1) is 28.1 Å². The van der Waals surface area contributed by atoms with Crippen LogP contribution in [0.3, 0.4) is 0 Å². The van der Waals surface area contributed by atoms with Gasteiger partial charge in [0.25, 0.3) is 0 Å². The molecule has 1 heterocycles. The Morgan fingerprint density at radius 1 is 1.05 bits per heavy atom. The molecule has 0 radical (unpaired) electrons. The summed E-state index contributed by atoms with van der Waals surface area (Å²) in [7, 11) is 0. The predicted octanol–water partition coefficient (Wildman–Crippen LogP) is 2.70. The first-order valence-corrected chi connectivity index (χ1v) is 12.3. The Bertz CT molecular complexity index is 913. The Kier molecular flexibility index (Phi) is 10.2. The number of carbonyl (C=O) groups is 4. The van der Waals surface area contributed by atoms with Crippen molar-refractivity contribution in [3.05, 3.63) is 0 Å². The average Bonchev–Trinajstić information content (AvgIpc) is 2.69. The van der Waals surface area contributed by atoms with Crippen molar-refractivity contribution in [2.75, 3.05) is 0 Å². The minimum atomic E-state index is -5.19. The van der Waals surface area contributed by atoms with E-state index in [2.05, 4.69) is 16.0 Å². The number of nitrogens with zero attached hydrogens (tertiary/aromatic N) is 1. The van der Waals surface area contributed by atoms with Crippen molar-refractivity contribution >= 4 is 23.6 Å². The molecule has 0 aromatic carbocycles. The summed E-state index contributed by atoms with van der Waals surface area (Å²) in [5, 5.41) is 19.3. The van der Waals surface area contributed by atoms with Crippen LogP contribution in [0.15, 0.2) is 0 Å². The van der Waals surface area contributed by atoms with E-state index in [1.54, 1.807) is 5.32 Å². The van der Waals surface area contributed by atoms with E-state index < -0.39 is 58.8 Å². The molecule has 4 N–H and O–H groups in total. The summed E-state index contributed by atoms with van der Waals surface area (Å²) in [4.78, 5) is 50.2. The van der Waals surface area contributed by atoms with Crippen LogP contribution in [0.5, 0.6) is 0 Å². The molecule has 0 unspecified atom stereocenters. The first-order valence-electron chi connectivity index (χ1n) is 12.3. The van der Waals surface area contributed by atoms with Crippen LogP contribution >= 0.6 is 0 Å². The van der Waals surface area contributed by atoms with E-state index in [9.17, 15) is 37.6 Å². The molecule has 0 aliphatic carbocycles. The molecule has 0 spiro atoms. The molecule has 4 amide bonds. The van der Waals surface area contributed by atoms with Crippen LogP contribution < -0.4 is 21.3 Å². The normalized spacial score (nSPS) is 20.5. The van der Waals surface area contributed by atoms with E-state index >= 15 is 0 Å². The molecule has 1 rings (SSSR count). The topological polar surface area (TPSA) is 140 Å². The van der Waals surface area contributed by atoms with Crippen molar-refractivity contribution in [2.45, 2.75) is 111 Å². The SMILES string of the molecule is CC(C)(C)C[C@H](NC(=O)[C@@H](NC(=O)C(F)(F)F)C(C)(C)C)C(=O)N[C@H](C#N)C[C@@H]1CCC(C)(C)NC1=O. The predicted molar refractivity (Wildman–Crippen MR) is 131 cm³/mol. The summed E-state index contributed by atoms with van der Waals surface area (Å²) in [5.74, 6) is -4.62. The Morgan fingerprint density at radius 3 is 2.05 bits per heavy atom. The van der Waals surface area contributed by atoms with Crippen molar-refractivity contribution in [3.63, 3.8) is 0 Å². The van der Waals surface area contributed by atoms with Crippen LogP contribution in [0.4, 0.5) is 13.2 Å². The molecule has 1 aliphatic heterocycles. The maximum Gasteiger partial charge on any atom is 0.471 e. The van der Waals surface area contributed by atoms with Crippen LogP contribution in [0.2, 0.25) is 0 Å². The van der Waals surface area contributed by atoms with Crippen LogP contribution in [0.1, 0.15) is 81.1 Å². The lowest BCUT2D eigenvalue weighted by Crippen LogP contribution is -2.60.